The highest BCUT2D eigenvalue weighted by Gasteiger charge is 2.14. The maximum atomic E-state index is 12.4. The molecule has 0 aliphatic carbocycles. The molecular formula is C18H21NO2. The minimum absolute atomic E-state index is 0.0214. The summed E-state index contributed by atoms with van der Waals surface area (Å²) in [4.78, 5) is 14.1. The van der Waals surface area contributed by atoms with Gasteiger partial charge in [0, 0.05) is 13.1 Å². The van der Waals surface area contributed by atoms with E-state index in [1.54, 1.807) is 4.90 Å². The van der Waals surface area contributed by atoms with Gasteiger partial charge in [-0.1, -0.05) is 60.2 Å². The highest BCUT2D eigenvalue weighted by molar-refractivity contribution is 5.78. The van der Waals surface area contributed by atoms with E-state index in [-0.39, 0.29) is 12.5 Å². The van der Waals surface area contributed by atoms with Gasteiger partial charge in [-0.15, -0.1) is 0 Å². The van der Waals surface area contributed by atoms with Crippen LogP contribution in [0.15, 0.2) is 54.6 Å². The van der Waals surface area contributed by atoms with Crippen molar-refractivity contribution in [2.24, 2.45) is 0 Å². The van der Waals surface area contributed by atoms with Crippen molar-refractivity contribution in [3.63, 3.8) is 0 Å². The zero-order valence-electron chi connectivity index (χ0n) is 12.3. The molecule has 1 amide bonds. The van der Waals surface area contributed by atoms with Gasteiger partial charge in [0.2, 0.25) is 5.91 Å². The fourth-order valence-electron chi connectivity index (χ4n) is 2.32. The number of aryl methyl sites for hydroxylation is 1. The molecule has 21 heavy (non-hydrogen) atoms. The molecule has 0 bridgehead atoms. The van der Waals surface area contributed by atoms with Crippen molar-refractivity contribution in [2.75, 3.05) is 13.2 Å². The lowest BCUT2D eigenvalue weighted by Crippen LogP contribution is -2.34. The molecular weight excluding hydrogens is 262 g/mol. The molecule has 2 aromatic rings. The van der Waals surface area contributed by atoms with Crippen LogP contribution in [-0.2, 0) is 17.8 Å². The summed E-state index contributed by atoms with van der Waals surface area (Å²) in [6.45, 7) is 2.89. The number of rotatable bonds is 6. The second kappa shape index (κ2) is 7.60. The number of hydrogen-bond donors (Lipinski definition) is 1. The van der Waals surface area contributed by atoms with Crippen LogP contribution >= 0.6 is 0 Å². The maximum absolute atomic E-state index is 12.4. The van der Waals surface area contributed by atoms with Crippen LogP contribution in [0.5, 0.6) is 0 Å². The number of aliphatic hydroxyl groups excluding tert-OH is 1. The number of nitrogens with zero attached hydrogens (tertiary/aromatic N) is 1. The van der Waals surface area contributed by atoms with E-state index in [0.717, 1.165) is 16.7 Å². The molecule has 0 atom stereocenters. The number of amides is 1. The van der Waals surface area contributed by atoms with Crippen molar-refractivity contribution >= 4 is 5.91 Å². The van der Waals surface area contributed by atoms with Gasteiger partial charge < -0.3 is 10.0 Å². The Morgan fingerprint density at radius 3 is 2.43 bits per heavy atom. The Hall–Kier alpha value is -2.13. The highest BCUT2D eigenvalue weighted by Crippen LogP contribution is 2.09. The van der Waals surface area contributed by atoms with Crippen molar-refractivity contribution in [1.82, 2.24) is 4.90 Å². The summed E-state index contributed by atoms with van der Waals surface area (Å²) in [5, 5.41) is 9.18. The summed E-state index contributed by atoms with van der Waals surface area (Å²) in [7, 11) is 0. The molecule has 0 radical (unpaired) electrons. The molecule has 0 fully saturated rings. The Labute approximate surface area is 125 Å². The molecule has 0 aliphatic rings. The maximum Gasteiger partial charge on any atom is 0.227 e. The molecule has 3 nitrogen and oxygen atoms in total. The van der Waals surface area contributed by atoms with E-state index in [1.807, 2.05) is 61.5 Å². The van der Waals surface area contributed by atoms with Gasteiger partial charge >= 0.3 is 0 Å². The molecule has 0 spiro atoms. The Balaban J connectivity index is 2.05. The van der Waals surface area contributed by atoms with Crippen LogP contribution in [-0.4, -0.2) is 29.1 Å². The van der Waals surface area contributed by atoms with Gasteiger partial charge in [0.1, 0.15) is 0 Å². The fourth-order valence-corrected chi connectivity index (χ4v) is 2.32. The van der Waals surface area contributed by atoms with Crippen LogP contribution in [0.3, 0.4) is 0 Å². The number of hydrogen-bond acceptors (Lipinski definition) is 2. The summed E-state index contributed by atoms with van der Waals surface area (Å²) in [5.74, 6) is 0.0403. The van der Waals surface area contributed by atoms with Crippen LogP contribution in [0.4, 0.5) is 0 Å². The molecule has 110 valence electrons. The van der Waals surface area contributed by atoms with Crippen molar-refractivity contribution in [1.29, 1.82) is 0 Å². The first-order chi connectivity index (χ1) is 10.2. The Bertz CT molecular complexity index is 581. The second-order valence-electron chi connectivity index (χ2n) is 5.19. The second-order valence-corrected chi connectivity index (χ2v) is 5.19. The molecule has 0 heterocycles. The first-order valence-electron chi connectivity index (χ1n) is 7.17. The predicted molar refractivity (Wildman–Crippen MR) is 83.8 cm³/mol. The quantitative estimate of drug-likeness (QED) is 0.885. The van der Waals surface area contributed by atoms with E-state index in [0.29, 0.717) is 19.5 Å². The molecule has 2 aromatic carbocycles. The molecule has 0 saturated heterocycles. The topological polar surface area (TPSA) is 40.5 Å². The van der Waals surface area contributed by atoms with Crippen molar-refractivity contribution in [3.05, 3.63) is 71.3 Å². The molecule has 0 aliphatic heterocycles. The van der Waals surface area contributed by atoms with E-state index in [1.165, 1.54) is 0 Å². The van der Waals surface area contributed by atoms with Crippen LogP contribution in [0.2, 0.25) is 0 Å². The molecule has 2 rings (SSSR count). The van der Waals surface area contributed by atoms with Gasteiger partial charge in [-0.3, -0.25) is 4.79 Å². The first-order valence-corrected chi connectivity index (χ1v) is 7.17. The average Bonchev–Trinajstić information content (AvgIpc) is 2.48. The highest BCUT2D eigenvalue weighted by atomic mass is 16.3. The van der Waals surface area contributed by atoms with Crippen LogP contribution in [0.25, 0.3) is 0 Å². The largest absolute Gasteiger partial charge is 0.395 e. The Kier molecular flexibility index (Phi) is 5.52. The zero-order chi connectivity index (χ0) is 15.1. The number of benzene rings is 2. The van der Waals surface area contributed by atoms with Gasteiger partial charge in [0.05, 0.1) is 13.0 Å². The number of carbonyl (C=O) groups excluding carboxylic acids is 1. The van der Waals surface area contributed by atoms with Gasteiger partial charge in [0.25, 0.3) is 0 Å². The third kappa shape index (κ3) is 4.72. The fraction of sp³-hybridized carbons (Fsp3) is 0.278. The third-order valence-corrected chi connectivity index (χ3v) is 3.38. The number of carbonyl (C=O) groups is 1. The first kappa shape index (κ1) is 15.3. The van der Waals surface area contributed by atoms with Gasteiger partial charge in [-0.25, -0.2) is 0 Å². The summed E-state index contributed by atoms with van der Waals surface area (Å²) in [6.07, 6.45) is 0.370. The van der Waals surface area contributed by atoms with Gasteiger partial charge in [0.15, 0.2) is 0 Å². The van der Waals surface area contributed by atoms with Gasteiger partial charge in [-0.05, 0) is 18.1 Å². The minimum Gasteiger partial charge on any atom is -0.395 e. The molecule has 0 aromatic heterocycles. The SMILES string of the molecule is Cc1cccc(CC(=O)N(CCO)Cc2ccccc2)c1. The number of aliphatic hydroxyl groups is 1. The van der Waals surface area contributed by atoms with E-state index >= 15 is 0 Å². The van der Waals surface area contributed by atoms with Crippen molar-refractivity contribution < 1.29 is 9.90 Å². The lowest BCUT2D eigenvalue weighted by Gasteiger charge is -2.22. The van der Waals surface area contributed by atoms with E-state index in [9.17, 15) is 9.90 Å². The molecule has 3 heteroatoms. The summed E-state index contributed by atoms with van der Waals surface area (Å²) >= 11 is 0. The average molecular weight is 283 g/mol. The molecule has 1 N–H and O–H groups in total. The standard InChI is InChI=1S/C18H21NO2/c1-15-6-5-9-17(12-15)13-18(21)19(10-11-20)14-16-7-3-2-4-8-16/h2-9,12,20H,10-11,13-14H2,1H3. The Morgan fingerprint density at radius 1 is 1.05 bits per heavy atom. The van der Waals surface area contributed by atoms with Crippen LogP contribution in [0.1, 0.15) is 16.7 Å². The lowest BCUT2D eigenvalue weighted by molar-refractivity contribution is -0.131. The van der Waals surface area contributed by atoms with Gasteiger partial charge in [-0.2, -0.15) is 0 Å². The van der Waals surface area contributed by atoms with Crippen LogP contribution in [0, 0.1) is 6.92 Å². The summed E-state index contributed by atoms with van der Waals surface area (Å²) in [6, 6.07) is 17.8. The summed E-state index contributed by atoms with van der Waals surface area (Å²) < 4.78 is 0. The lowest BCUT2D eigenvalue weighted by atomic mass is 10.1. The molecule has 0 saturated carbocycles. The molecule has 0 unspecified atom stereocenters. The van der Waals surface area contributed by atoms with E-state index < -0.39 is 0 Å². The third-order valence-electron chi connectivity index (χ3n) is 3.38. The predicted octanol–water partition coefficient (Wildman–Crippen LogP) is 2.56. The van der Waals surface area contributed by atoms with Crippen molar-refractivity contribution in [3.8, 4) is 0 Å². The smallest absolute Gasteiger partial charge is 0.227 e. The summed E-state index contributed by atoms with van der Waals surface area (Å²) in [5.41, 5.74) is 3.23. The van der Waals surface area contributed by atoms with Crippen molar-refractivity contribution in [2.45, 2.75) is 19.9 Å². The van der Waals surface area contributed by atoms with E-state index in [4.69, 9.17) is 0 Å². The monoisotopic (exact) mass is 283 g/mol. The minimum atomic E-state index is -0.0214. The normalized spacial score (nSPS) is 10.4. The van der Waals surface area contributed by atoms with Crippen LogP contribution < -0.4 is 0 Å². The zero-order valence-corrected chi connectivity index (χ0v) is 12.3. The Morgan fingerprint density at radius 2 is 1.76 bits per heavy atom. The van der Waals surface area contributed by atoms with E-state index in [2.05, 4.69) is 0 Å².